The van der Waals surface area contributed by atoms with Gasteiger partial charge in [0, 0.05) is 0 Å². The first kappa shape index (κ1) is 14.0. The molecule has 1 aromatic rings. The average molecular weight is 278 g/mol. The third kappa shape index (κ3) is 4.05. The number of thiophene rings is 1. The van der Waals surface area contributed by atoms with Crippen LogP contribution in [0.25, 0.3) is 0 Å². The number of carbonyl (C=O) groups excluding carboxylic acids is 1. The van der Waals surface area contributed by atoms with Crippen LogP contribution in [0, 0.1) is 17.2 Å². The van der Waals surface area contributed by atoms with Crippen molar-refractivity contribution in [3.63, 3.8) is 0 Å². The SMILES string of the molecule is CC1CC[NH+](CCC(=O)Nc2sccc2C#N)CC1. The maximum Gasteiger partial charge on any atom is 0.230 e. The highest BCUT2D eigenvalue weighted by Crippen LogP contribution is 2.22. The molecule has 1 aliphatic rings. The number of nitrogens with zero attached hydrogens (tertiary/aromatic N) is 1. The Morgan fingerprint density at radius 2 is 2.32 bits per heavy atom. The zero-order valence-electron chi connectivity index (χ0n) is 11.2. The molecule has 4 nitrogen and oxygen atoms in total. The fourth-order valence-electron chi connectivity index (χ4n) is 2.39. The quantitative estimate of drug-likeness (QED) is 0.871. The zero-order chi connectivity index (χ0) is 13.7. The normalized spacial score (nSPS) is 22.7. The molecule has 1 saturated heterocycles. The number of nitrogens with one attached hydrogen (secondary N) is 2. The number of rotatable bonds is 4. The minimum Gasteiger partial charge on any atom is -0.334 e. The van der Waals surface area contributed by atoms with Crippen molar-refractivity contribution in [1.82, 2.24) is 0 Å². The van der Waals surface area contributed by atoms with Gasteiger partial charge >= 0.3 is 0 Å². The average Bonchev–Trinajstić information content (AvgIpc) is 2.85. The lowest BCUT2D eigenvalue weighted by atomic mass is 9.99. The predicted octanol–water partition coefficient (Wildman–Crippen LogP) is 1.26. The monoisotopic (exact) mass is 278 g/mol. The van der Waals surface area contributed by atoms with Gasteiger partial charge in [0.2, 0.25) is 5.91 Å². The van der Waals surface area contributed by atoms with Crippen molar-refractivity contribution >= 4 is 22.2 Å². The maximum absolute atomic E-state index is 11.9. The molecular weight excluding hydrogens is 258 g/mol. The molecule has 0 aliphatic carbocycles. The van der Waals surface area contributed by atoms with Gasteiger partial charge in [0.15, 0.2) is 0 Å². The molecule has 0 radical (unpaired) electrons. The molecule has 1 aromatic heterocycles. The minimum atomic E-state index is 0.0186. The number of anilines is 1. The molecule has 2 N–H and O–H groups in total. The topological polar surface area (TPSA) is 57.3 Å². The van der Waals surface area contributed by atoms with Crippen LogP contribution in [-0.4, -0.2) is 25.5 Å². The van der Waals surface area contributed by atoms with Crippen LogP contribution in [0.2, 0.25) is 0 Å². The molecule has 1 amide bonds. The highest BCUT2D eigenvalue weighted by Gasteiger charge is 2.19. The molecule has 2 heterocycles. The molecule has 0 saturated carbocycles. The van der Waals surface area contributed by atoms with E-state index in [-0.39, 0.29) is 5.91 Å². The van der Waals surface area contributed by atoms with Crippen molar-refractivity contribution in [1.29, 1.82) is 5.26 Å². The highest BCUT2D eigenvalue weighted by atomic mass is 32.1. The number of hydrogen-bond donors (Lipinski definition) is 2. The Balaban J connectivity index is 1.75. The molecule has 1 aliphatic heterocycles. The second kappa shape index (κ2) is 6.69. The number of piperidine rings is 1. The van der Waals surface area contributed by atoms with E-state index in [0.29, 0.717) is 17.0 Å². The highest BCUT2D eigenvalue weighted by molar-refractivity contribution is 7.14. The summed E-state index contributed by atoms with van der Waals surface area (Å²) in [6.07, 6.45) is 3.06. The summed E-state index contributed by atoms with van der Waals surface area (Å²) in [6.45, 7) is 5.54. The lowest BCUT2D eigenvalue weighted by Crippen LogP contribution is -3.13. The second-order valence-corrected chi connectivity index (χ2v) is 6.17. The molecule has 0 aromatic carbocycles. The summed E-state index contributed by atoms with van der Waals surface area (Å²) >= 11 is 1.40. The van der Waals surface area contributed by atoms with Crippen LogP contribution in [0.15, 0.2) is 11.4 Å². The molecule has 102 valence electrons. The van der Waals surface area contributed by atoms with Gasteiger partial charge in [-0.1, -0.05) is 6.92 Å². The number of hydrogen-bond acceptors (Lipinski definition) is 3. The first-order valence-electron chi connectivity index (χ1n) is 6.80. The summed E-state index contributed by atoms with van der Waals surface area (Å²) < 4.78 is 0. The lowest BCUT2D eigenvalue weighted by Gasteiger charge is -2.27. The van der Waals surface area contributed by atoms with E-state index in [9.17, 15) is 4.79 Å². The van der Waals surface area contributed by atoms with Crippen molar-refractivity contribution in [2.75, 3.05) is 25.0 Å². The zero-order valence-corrected chi connectivity index (χ0v) is 12.1. The third-order valence-corrected chi connectivity index (χ3v) is 4.56. The van der Waals surface area contributed by atoms with Crippen LogP contribution in [0.5, 0.6) is 0 Å². The minimum absolute atomic E-state index is 0.0186. The summed E-state index contributed by atoms with van der Waals surface area (Å²) in [5, 5.41) is 14.2. The molecule has 0 spiro atoms. The molecule has 2 rings (SSSR count). The molecule has 0 bridgehead atoms. The van der Waals surface area contributed by atoms with Gasteiger partial charge < -0.3 is 10.2 Å². The number of likely N-dealkylation sites (tertiary alicyclic amines) is 1. The van der Waals surface area contributed by atoms with Crippen LogP contribution in [0.4, 0.5) is 5.00 Å². The van der Waals surface area contributed by atoms with Gasteiger partial charge in [0.1, 0.15) is 11.1 Å². The standard InChI is InChI=1S/C14H19N3OS/c1-11-2-6-17(7-3-11)8-4-13(18)16-14-12(10-15)5-9-19-14/h5,9,11H,2-4,6-8H2,1H3,(H,16,18)/p+1. The number of carbonyl (C=O) groups is 1. The number of nitriles is 1. The van der Waals surface area contributed by atoms with E-state index in [1.165, 1.54) is 42.2 Å². The van der Waals surface area contributed by atoms with Gasteiger partial charge in [-0.05, 0) is 30.2 Å². The Bertz CT molecular complexity index is 469. The largest absolute Gasteiger partial charge is 0.334 e. The van der Waals surface area contributed by atoms with Crippen LogP contribution >= 0.6 is 11.3 Å². The van der Waals surface area contributed by atoms with E-state index in [0.717, 1.165) is 12.5 Å². The van der Waals surface area contributed by atoms with Crippen molar-refractivity contribution in [2.45, 2.75) is 26.2 Å². The Morgan fingerprint density at radius 1 is 1.58 bits per heavy atom. The fraction of sp³-hybridized carbons (Fsp3) is 0.571. The maximum atomic E-state index is 11.9. The fourth-order valence-corrected chi connectivity index (χ4v) is 3.15. The van der Waals surface area contributed by atoms with Gasteiger partial charge in [0.25, 0.3) is 0 Å². The van der Waals surface area contributed by atoms with Crippen molar-refractivity contribution in [3.05, 3.63) is 17.0 Å². The van der Waals surface area contributed by atoms with Gasteiger partial charge in [-0.25, -0.2) is 0 Å². The van der Waals surface area contributed by atoms with Gasteiger partial charge in [-0.3, -0.25) is 4.79 Å². The van der Waals surface area contributed by atoms with Crippen LogP contribution in [0.1, 0.15) is 31.7 Å². The van der Waals surface area contributed by atoms with Gasteiger partial charge in [-0.2, -0.15) is 5.26 Å². The van der Waals surface area contributed by atoms with E-state index < -0.39 is 0 Å². The lowest BCUT2D eigenvalue weighted by molar-refractivity contribution is -0.905. The third-order valence-electron chi connectivity index (χ3n) is 3.73. The van der Waals surface area contributed by atoms with Crippen molar-refractivity contribution < 1.29 is 9.69 Å². The first-order chi connectivity index (χ1) is 9.19. The second-order valence-electron chi connectivity index (χ2n) is 5.26. The number of amides is 1. The van der Waals surface area contributed by atoms with E-state index in [1.807, 2.05) is 5.38 Å². The van der Waals surface area contributed by atoms with E-state index in [1.54, 1.807) is 6.07 Å². The van der Waals surface area contributed by atoms with Crippen LogP contribution < -0.4 is 10.2 Å². The van der Waals surface area contributed by atoms with Crippen molar-refractivity contribution in [2.24, 2.45) is 5.92 Å². The number of quaternary nitrogens is 1. The summed E-state index contributed by atoms with van der Waals surface area (Å²) in [7, 11) is 0. The van der Waals surface area contributed by atoms with Crippen LogP contribution in [-0.2, 0) is 4.79 Å². The van der Waals surface area contributed by atoms with Crippen LogP contribution in [0.3, 0.4) is 0 Å². The summed E-state index contributed by atoms with van der Waals surface area (Å²) in [4.78, 5) is 13.4. The molecule has 19 heavy (non-hydrogen) atoms. The molecule has 0 atom stereocenters. The first-order valence-corrected chi connectivity index (χ1v) is 7.68. The molecule has 5 heteroatoms. The molecule has 0 unspecified atom stereocenters. The van der Waals surface area contributed by atoms with Gasteiger partial charge in [-0.15, -0.1) is 11.3 Å². The Labute approximate surface area is 118 Å². The summed E-state index contributed by atoms with van der Waals surface area (Å²) in [6, 6.07) is 3.82. The van der Waals surface area contributed by atoms with E-state index in [4.69, 9.17) is 5.26 Å². The van der Waals surface area contributed by atoms with Gasteiger partial charge in [0.05, 0.1) is 31.6 Å². The smallest absolute Gasteiger partial charge is 0.230 e. The van der Waals surface area contributed by atoms with E-state index >= 15 is 0 Å². The van der Waals surface area contributed by atoms with Crippen molar-refractivity contribution in [3.8, 4) is 6.07 Å². The van der Waals surface area contributed by atoms with E-state index in [2.05, 4.69) is 18.3 Å². The predicted molar refractivity (Wildman–Crippen MR) is 76.2 cm³/mol. The Morgan fingerprint density at radius 3 is 3.00 bits per heavy atom. The molecule has 1 fully saturated rings. The Kier molecular flexibility index (Phi) is 4.94. The summed E-state index contributed by atoms with van der Waals surface area (Å²) in [5.41, 5.74) is 0.553. The Hall–Kier alpha value is -1.38. The molecular formula is C14H20N3OS+. The summed E-state index contributed by atoms with van der Waals surface area (Å²) in [5.74, 6) is 0.854.